The van der Waals surface area contributed by atoms with Crippen LogP contribution in [-0.4, -0.2) is 19.8 Å². The first-order valence-electron chi connectivity index (χ1n) is 8.06. The Morgan fingerprint density at radius 1 is 1.08 bits per heavy atom. The van der Waals surface area contributed by atoms with Crippen molar-refractivity contribution in [2.24, 2.45) is 7.05 Å². The van der Waals surface area contributed by atoms with Gasteiger partial charge in [0.1, 0.15) is 11.8 Å². The second-order valence-electron chi connectivity index (χ2n) is 6.03. The number of anilines is 1. The number of hydrogen-bond acceptors (Lipinski definition) is 3. The highest BCUT2D eigenvalue weighted by Crippen LogP contribution is 2.43. The molecule has 2 N–H and O–H groups in total. The van der Waals surface area contributed by atoms with Crippen LogP contribution in [0.4, 0.5) is 5.69 Å². The Hall–Kier alpha value is -2.86. The number of aryl methyl sites for hydroxylation is 1. The number of para-hydroxylation sites is 2. The van der Waals surface area contributed by atoms with Crippen LogP contribution in [-0.2, 0) is 7.05 Å². The van der Waals surface area contributed by atoms with Crippen molar-refractivity contribution in [3.63, 3.8) is 0 Å². The van der Waals surface area contributed by atoms with Crippen LogP contribution in [0.25, 0.3) is 0 Å². The number of hydrogen-bond donors (Lipinski definition) is 2. The third-order valence-corrected chi connectivity index (χ3v) is 4.84. The van der Waals surface area contributed by atoms with Crippen molar-refractivity contribution in [3.8, 4) is 5.75 Å². The number of nitrogens with one attached hydrogen (secondary N) is 1. The molecular weight excluding hydrogens is 332 g/mol. The summed E-state index contributed by atoms with van der Waals surface area (Å²) < 4.78 is 2.07. The van der Waals surface area contributed by atoms with Crippen LogP contribution in [0.5, 0.6) is 5.75 Å². The number of aromatic nitrogens is 2. The highest BCUT2D eigenvalue weighted by atomic mass is 32.1. The lowest BCUT2D eigenvalue weighted by atomic mass is 10.0. The van der Waals surface area contributed by atoms with E-state index in [-0.39, 0.29) is 17.8 Å². The minimum atomic E-state index is -0.115. The standard InChI is InChI=1S/C19H18N4OS/c1-22-12-6-9-15(22)18-17(13-7-4-5-11-20-13)21-19(25)23(18)14-8-2-3-10-16(14)24/h2-12,17-18,24H,1H3,(H,21,25)/t17-,18-/m0/s1. The van der Waals surface area contributed by atoms with Crippen molar-refractivity contribution in [2.75, 3.05) is 4.90 Å². The van der Waals surface area contributed by atoms with E-state index in [1.807, 2.05) is 54.5 Å². The summed E-state index contributed by atoms with van der Waals surface area (Å²) in [6, 6.07) is 17.0. The number of nitrogens with zero attached hydrogens (tertiary/aromatic N) is 3. The predicted molar refractivity (Wildman–Crippen MR) is 101 cm³/mol. The van der Waals surface area contributed by atoms with Crippen LogP contribution in [0.1, 0.15) is 23.5 Å². The van der Waals surface area contributed by atoms with Crippen LogP contribution in [0.2, 0.25) is 0 Å². The molecule has 0 spiro atoms. The lowest BCUT2D eigenvalue weighted by molar-refractivity contribution is 0.471. The maximum atomic E-state index is 10.4. The fourth-order valence-electron chi connectivity index (χ4n) is 3.36. The minimum Gasteiger partial charge on any atom is -0.506 e. The molecule has 126 valence electrons. The molecule has 0 amide bonds. The third kappa shape index (κ3) is 2.64. The van der Waals surface area contributed by atoms with Crippen LogP contribution < -0.4 is 10.2 Å². The van der Waals surface area contributed by atoms with Gasteiger partial charge in [-0.2, -0.15) is 0 Å². The molecule has 1 fully saturated rings. The van der Waals surface area contributed by atoms with E-state index in [0.717, 1.165) is 11.4 Å². The summed E-state index contributed by atoms with van der Waals surface area (Å²) in [7, 11) is 2.01. The summed E-state index contributed by atoms with van der Waals surface area (Å²) in [5.41, 5.74) is 2.69. The Morgan fingerprint density at radius 2 is 1.88 bits per heavy atom. The van der Waals surface area contributed by atoms with Gasteiger partial charge in [-0.15, -0.1) is 0 Å². The maximum absolute atomic E-state index is 10.4. The molecule has 1 aromatic carbocycles. The van der Waals surface area contributed by atoms with Gasteiger partial charge in [0, 0.05) is 25.1 Å². The molecule has 0 aliphatic carbocycles. The van der Waals surface area contributed by atoms with Gasteiger partial charge in [-0.05, 0) is 48.6 Å². The van der Waals surface area contributed by atoms with E-state index in [9.17, 15) is 5.11 Å². The zero-order valence-electron chi connectivity index (χ0n) is 13.7. The van der Waals surface area contributed by atoms with E-state index < -0.39 is 0 Å². The molecular formula is C19H18N4OS. The molecule has 0 radical (unpaired) electrons. The van der Waals surface area contributed by atoms with Crippen molar-refractivity contribution in [2.45, 2.75) is 12.1 Å². The number of benzene rings is 1. The van der Waals surface area contributed by atoms with Crippen molar-refractivity contribution in [1.29, 1.82) is 0 Å². The number of rotatable bonds is 3. The number of aromatic hydroxyl groups is 1. The summed E-state index contributed by atoms with van der Waals surface area (Å²) in [6.07, 6.45) is 3.79. The molecule has 0 unspecified atom stereocenters. The minimum absolute atomic E-state index is 0.109. The zero-order valence-corrected chi connectivity index (χ0v) is 14.5. The highest BCUT2D eigenvalue weighted by Gasteiger charge is 2.42. The van der Waals surface area contributed by atoms with E-state index in [0.29, 0.717) is 10.8 Å². The topological polar surface area (TPSA) is 53.3 Å². The average molecular weight is 350 g/mol. The summed E-state index contributed by atoms with van der Waals surface area (Å²) in [5, 5.41) is 14.3. The molecule has 25 heavy (non-hydrogen) atoms. The van der Waals surface area contributed by atoms with Gasteiger partial charge < -0.3 is 19.9 Å². The number of phenolic OH excluding ortho intramolecular Hbond substituents is 1. The second-order valence-corrected chi connectivity index (χ2v) is 6.42. The van der Waals surface area contributed by atoms with Gasteiger partial charge in [0.2, 0.25) is 0 Å². The molecule has 2 aromatic heterocycles. The zero-order chi connectivity index (χ0) is 17.4. The van der Waals surface area contributed by atoms with E-state index in [1.54, 1.807) is 18.3 Å². The summed E-state index contributed by atoms with van der Waals surface area (Å²) in [6.45, 7) is 0. The number of phenols is 1. The van der Waals surface area contributed by atoms with Gasteiger partial charge >= 0.3 is 0 Å². The van der Waals surface area contributed by atoms with Crippen LogP contribution in [0.3, 0.4) is 0 Å². The Balaban J connectivity index is 1.87. The quantitative estimate of drug-likeness (QED) is 0.710. The average Bonchev–Trinajstić information content (AvgIpc) is 3.19. The molecule has 0 saturated carbocycles. The van der Waals surface area contributed by atoms with Crippen molar-refractivity contribution < 1.29 is 5.11 Å². The lowest BCUT2D eigenvalue weighted by Gasteiger charge is -2.28. The van der Waals surface area contributed by atoms with Gasteiger partial charge in [-0.25, -0.2) is 0 Å². The molecule has 3 heterocycles. The molecule has 1 saturated heterocycles. The van der Waals surface area contributed by atoms with Gasteiger partial charge in [-0.3, -0.25) is 4.98 Å². The summed E-state index contributed by atoms with van der Waals surface area (Å²) >= 11 is 5.62. The monoisotopic (exact) mass is 350 g/mol. The molecule has 6 heteroatoms. The van der Waals surface area contributed by atoms with Crippen LogP contribution in [0, 0.1) is 0 Å². The molecule has 4 rings (SSSR count). The second kappa shape index (κ2) is 6.22. The lowest BCUT2D eigenvalue weighted by Crippen LogP contribution is -2.30. The molecule has 5 nitrogen and oxygen atoms in total. The van der Waals surface area contributed by atoms with E-state index >= 15 is 0 Å². The van der Waals surface area contributed by atoms with Gasteiger partial charge in [0.05, 0.1) is 17.4 Å². The fourth-order valence-corrected chi connectivity index (χ4v) is 3.70. The Labute approximate surface area is 151 Å². The normalized spacial score (nSPS) is 19.9. The number of thiocarbonyl (C=S) groups is 1. The third-order valence-electron chi connectivity index (χ3n) is 4.53. The van der Waals surface area contributed by atoms with Crippen LogP contribution in [0.15, 0.2) is 67.0 Å². The highest BCUT2D eigenvalue weighted by molar-refractivity contribution is 7.80. The Bertz CT molecular complexity index is 909. The van der Waals surface area contributed by atoms with Gasteiger partial charge in [0.15, 0.2) is 5.11 Å². The predicted octanol–water partition coefficient (Wildman–Crippen LogP) is 3.30. The molecule has 1 aliphatic heterocycles. The Kier molecular flexibility index (Phi) is 3.89. The largest absolute Gasteiger partial charge is 0.506 e. The van der Waals surface area contributed by atoms with Crippen molar-refractivity contribution in [3.05, 3.63) is 78.4 Å². The maximum Gasteiger partial charge on any atom is 0.174 e. The van der Waals surface area contributed by atoms with Gasteiger partial charge in [0.25, 0.3) is 0 Å². The first-order valence-corrected chi connectivity index (χ1v) is 8.47. The van der Waals surface area contributed by atoms with E-state index in [4.69, 9.17) is 12.2 Å². The van der Waals surface area contributed by atoms with E-state index in [1.165, 1.54) is 0 Å². The first-order chi connectivity index (χ1) is 12.2. The number of pyridine rings is 1. The molecule has 1 aliphatic rings. The summed E-state index contributed by atoms with van der Waals surface area (Å²) in [5.74, 6) is 0.201. The summed E-state index contributed by atoms with van der Waals surface area (Å²) in [4.78, 5) is 6.49. The fraction of sp³-hybridized carbons (Fsp3) is 0.158. The van der Waals surface area contributed by atoms with Crippen molar-refractivity contribution >= 4 is 23.0 Å². The SMILES string of the molecule is Cn1cccc1[C@H]1[C@H](c2ccccn2)NC(=S)N1c1ccccc1O. The van der Waals surface area contributed by atoms with Crippen LogP contribution >= 0.6 is 12.2 Å². The first kappa shape index (κ1) is 15.7. The molecule has 2 atom stereocenters. The Morgan fingerprint density at radius 3 is 2.56 bits per heavy atom. The van der Waals surface area contributed by atoms with E-state index in [2.05, 4.69) is 20.9 Å². The smallest absolute Gasteiger partial charge is 0.174 e. The van der Waals surface area contributed by atoms with Gasteiger partial charge in [-0.1, -0.05) is 18.2 Å². The molecule has 0 bridgehead atoms. The van der Waals surface area contributed by atoms with Crippen molar-refractivity contribution in [1.82, 2.24) is 14.9 Å². The molecule has 3 aromatic rings.